The van der Waals surface area contributed by atoms with Gasteiger partial charge in [-0.2, -0.15) is 0 Å². The van der Waals surface area contributed by atoms with Crippen LogP contribution in [0.15, 0.2) is 12.7 Å². The molecule has 1 aliphatic rings. The summed E-state index contributed by atoms with van der Waals surface area (Å²) >= 11 is 0. The minimum absolute atomic E-state index is 0.101. The van der Waals surface area contributed by atoms with E-state index in [2.05, 4.69) is 18.4 Å². The number of hydrogen-bond acceptors (Lipinski definition) is 2. The summed E-state index contributed by atoms with van der Waals surface area (Å²) in [6.07, 6.45) is 5.31. The Morgan fingerprint density at radius 3 is 2.92 bits per heavy atom. The molecular weight excluding hydrogens is 150 g/mol. The van der Waals surface area contributed by atoms with Crippen LogP contribution in [0.5, 0.6) is 0 Å². The Labute approximate surface area is 74.9 Å². The van der Waals surface area contributed by atoms with E-state index in [1.807, 2.05) is 6.08 Å². The molecule has 0 spiro atoms. The third-order valence-electron chi connectivity index (χ3n) is 2.81. The van der Waals surface area contributed by atoms with Gasteiger partial charge in [-0.25, -0.2) is 0 Å². The summed E-state index contributed by atoms with van der Waals surface area (Å²) in [5.74, 6) is 0. The standard InChI is InChI=1S/C10H19NO/c1-3-7-11-8-5-6-10(11,4-2)9-12/h4,12H,2-3,5-9H2,1H3/t10-/m1/s1. The molecule has 0 bridgehead atoms. The molecule has 1 saturated heterocycles. The molecule has 0 aromatic rings. The predicted octanol–water partition coefficient (Wildman–Crippen LogP) is 1.41. The zero-order valence-electron chi connectivity index (χ0n) is 7.92. The zero-order valence-corrected chi connectivity index (χ0v) is 7.92. The largest absolute Gasteiger partial charge is 0.394 e. The monoisotopic (exact) mass is 169 g/mol. The summed E-state index contributed by atoms with van der Waals surface area (Å²) in [7, 11) is 0. The van der Waals surface area contributed by atoms with E-state index in [1.165, 1.54) is 6.42 Å². The predicted molar refractivity (Wildman–Crippen MR) is 51.1 cm³/mol. The van der Waals surface area contributed by atoms with Gasteiger partial charge in [0.25, 0.3) is 0 Å². The topological polar surface area (TPSA) is 23.5 Å². The maximum absolute atomic E-state index is 9.30. The van der Waals surface area contributed by atoms with Crippen molar-refractivity contribution in [1.29, 1.82) is 0 Å². The van der Waals surface area contributed by atoms with E-state index in [4.69, 9.17) is 0 Å². The summed E-state index contributed by atoms with van der Waals surface area (Å²) in [6, 6.07) is 0. The van der Waals surface area contributed by atoms with Gasteiger partial charge in [0.2, 0.25) is 0 Å². The van der Waals surface area contributed by atoms with Crippen LogP contribution in [0.25, 0.3) is 0 Å². The van der Waals surface area contributed by atoms with Crippen LogP contribution in [0, 0.1) is 0 Å². The molecule has 1 aliphatic heterocycles. The Bertz CT molecular complexity index is 158. The van der Waals surface area contributed by atoms with Crippen molar-refractivity contribution in [3.05, 3.63) is 12.7 Å². The number of hydrogen-bond donors (Lipinski definition) is 1. The SMILES string of the molecule is C=C[C@]1(CO)CCCN1CCC. The van der Waals surface area contributed by atoms with E-state index >= 15 is 0 Å². The molecule has 12 heavy (non-hydrogen) atoms. The highest BCUT2D eigenvalue weighted by molar-refractivity contribution is 5.07. The number of likely N-dealkylation sites (tertiary alicyclic amines) is 1. The van der Waals surface area contributed by atoms with E-state index in [1.54, 1.807) is 0 Å². The van der Waals surface area contributed by atoms with Gasteiger partial charge in [0.1, 0.15) is 0 Å². The van der Waals surface area contributed by atoms with Crippen LogP contribution in [-0.4, -0.2) is 35.2 Å². The molecule has 70 valence electrons. The van der Waals surface area contributed by atoms with E-state index in [0.717, 1.165) is 25.9 Å². The van der Waals surface area contributed by atoms with Gasteiger partial charge < -0.3 is 5.11 Å². The molecule has 1 rings (SSSR count). The molecule has 0 aromatic carbocycles. The summed E-state index contributed by atoms with van der Waals surface area (Å²) < 4.78 is 0. The smallest absolute Gasteiger partial charge is 0.0651 e. The average Bonchev–Trinajstić information content (AvgIpc) is 2.50. The molecule has 0 radical (unpaired) electrons. The molecule has 1 fully saturated rings. The first-order chi connectivity index (χ1) is 5.79. The van der Waals surface area contributed by atoms with Crippen LogP contribution in [-0.2, 0) is 0 Å². The van der Waals surface area contributed by atoms with Gasteiger partial charge in [0.15, 0.2) is 0 Å². The van der Waals surface area contributed by atoms with Crippen LogP contribution in [0.1, 0.15) is 26.2 Å². The van der Waals surface area contributed by atoms with E-state index in [-0.39, 0.29) is 12.1 Å². The second kappa shape index (κ2) is 4.06. The van der Waals surface area contributed by atoms with Crippen molar-refractivity contribution >= 4 is 0 Å². The fraction of sp³-hybridized carbons (Fsp3) is 0.800. The Hall–Kier alpha value is -0.340. The Kier molecular flexibility index (Phi) is 3.29. The highest BCUT2D eigenvalue weighted by atomic mass is 16.3. The van der Waals surface area contributed by atoms with Crippen molar-refractivity contribution in [2.45, 2.75) is 31.7 Å². The van der Waals surface area contributed by atoms with E-state index in [0.29, 0.717) is 0 Å². The molecule has 0 aromatic heterocycles. The van der Waals surface area contributed by atoms with Gasteiger partial charge in [-0.15, -0.1) is 6.58 Å². The molecule has 0 amide bonds. The summed E-state index contributed by atoms with van der Waals surface area (Å²) in [4.78, 5) is 2.35. The first kappa shape index (κ1) is 9.75. The lowest BCUT2D eigenvalue weighted by atomic mass is 9.97. The normalized spacial score (nSPS) is 30.8. The number of nitrogens with zero attached hydrogens (tertiary/aromatic N) is 1. The van der Waals surface area contributed by atoms with Crippen molar-refractivity contribution in [1.82, 2.24) is 4.90 Å². The minimum Gasteiger partial charge on any atom is -0.394 e. The van der Waals surface area contributed by atoms with Crippen LogP contribution in [0.4, 0.5) is 0 Å². The third-order valence-corrected chi connectivity index (χ3v) is 2.81. The van der Waals surface area contributed by atoms with Gasteiger partial charge in [0.05, 0.1) is 12.1 Å². The van der Waals surface area contributed by atoms with Crippen molar-refractivity contribution in [2.24, 2.45) is 0 Å². The van der Waals surface area contributed by atoms with Gasteiger partial charge in [-0.05, 0) is 32.4 Å². The molecule has 0 saturated carbocycles. The summed E-state index contributed by atoms with van der Waals surface area (Å²) in [5, 5.41) is 9.30. The maximum Gasteiger partial charge on any atom is 0.0651 e. The van der Waals surface area contributed by atoms with Crippen LogP contribution >= 0.6 is 0 Å². The molecular formula is C10H19NO. The van der Waals surface area contributed by atoms with Gasteiger partial charge in [0, 0.05) is 0 Å². The number of aliphatic hydroxyl groups is 1. The zero-order chi connectivity index (χ0) is 9.03. The Morgan fingerprint density at radius 2 is 2.42 bits per heavy atom. The van der Waals surface area contributed by atoms with Crippen molar-refractivity contribution in [2.75, 3.05) is 19.7 Å². The lowest BCUT2D eigenvalue weighted by molar-refractivity contribution is 0.102. The van der Waals surface area contributed by atoms with Crippen molar-refractivity contribution < 1.29 is 5.11 Å². The maximum atomic E-state index is 9.30. The molecule has 1 atom stereocenters. The first-order valence-corrected chi connectivity index (χ1v) is 4.78. The second-order valence-electron chi connectivity index (χ2n) is 3.56. The molecule has 0 aliphatic carbocycles. The van der Waals surface area contributed by atoms with Crippen LogP contribution in [0.3, 0.4) is 0 Å². The molecule has 2 nitrogen and oxygen atoms in total. The van der Waals surface area contributed by atoms with Gasteiger partial charge in [-0.3, -0.25) is 4.90 Å². The van der Waals surface area contributed by atoms with Crippen LogP contribution < -0.4 is 0 Å². The molecule has 1 N–H and O–H groups in total. The molecule has 2 heteroatoms. The first-order valence-electron chi connectivity index (χ1n) is 4.78. The lowest BCUT2D eigenvalue weighted by Gasteiger charge is -2.33. The summed E-state index contributed by atoms with van der Waals surface area (Å²) in [6.45, 7) is 8.39. The third kappa shape index (κ3) is 1.54. The van der Waals surface area contributed by atoms with Crippen molar-refractivity contribution in [3.63, 3.8) is 0 Å². The fourth-order valence-corrected chi connectivity index (χ4v) is 2.04. The second-order valence-corrected chi connectivity index (χ2v) is 3.56. The average molecular weight is 169 g/mol. The van der Waals surface area contributed by atoms with Crippen molar-refractivity contribution in [3.8, 4) is 0 Å². The number of rotatable bonds is 4. The highest BCUT2D eigenvalue weighted by Crippen LogP contribution is 2.29. The molecule has 1 heterocycles. The lowest BCUT2D eigenvalue weighted by Crippen LogP contribution is -2.45. The van der Waals surface area contributed by atoms with E-state index in [9.17, 15) is 5.11 Å². The minimum atomic E-state index is -0.101. The fourth-order valence-electron chi connectivity index (χ4n) is 2.04. The Morgan fingerprint density at radius 1 is 1.67 bits per heavy atom. The van der Waals surface area contributed by atoms with E-state index < -0.39 is 0 Å². The van der Waals surface area contributed by atoms with Crippen LogP contribution in [0.2, 0.25) is 0 Å². The highest BCUT2D eigenvalue weighted by Gasteiger charge is 2.36. The van der Waals surface area contributed by atoms with Gasteiger partial charge >= 0.3 is 0 Å². The Balaban J connectivity index is 2.64. The molecule has 0 unspecified atom stereocenters. The summed E-state index contributed by atoms with van der Waals surface area (Å²) in [5.41, 5.74) is -0.101. The quantitative estimate of drug-likeness (QED) is 0.643. The number of aliphatic hydroxyl groups excluding tert-OH is 1. The van der Waals surface area contributed by atoms with Gasteiger partial charge in [-0.1, -0.05) is 13.0 Å².